The Balaban J connectivity index is 1.72. The Morgan fingerprint density at radius 2 is 1.66 bits per heavy atom. The fourth-order valence-electron chi connectivity index (χ4n) is 6.40. The number of rotatable bonds is 11. The second kappa shape index (κ2) is 15.5. The number of fused-ring (bicyclic) bond motifs is 1. The Labute approximate surface area is 328 Å². The number of anilines is 1. The predicted molar refractivity (Wildman–Crippen MR) is 203 cm³/mol. The van der Waals surface area contributed by atoms with Gasteiger partial charge in [0.05, 0.1) is 0 Å². The Kier molecular flexibility index (Phi) is 11.1. The summed E-state index contributed by atoms with van der Waals surface area (Å²) in [5.41, 5.74) is -0.459. The molecule has 2 aliphatic heterocycles. The number of carboxylic acids is 2. The number of carbonyl (C=O) groups excluding carboxylic acids is 1. The van der Waals surface area contributed by atoms with E-state index in [2.05, 4.69) is 0 Å². The van der Waals surface area contributed by atoms with E-state index in [0.717, 1.165) is 9.47 Å². The number of hydrogen-bond donors (Lipinski definition) is 3. The fraction of sp³-hybridized carbons (Fsp3) is 0.257. The third-order valence-electron chi connectivity index (χ3n) is 8.96. The summed E-state index contributed by atoms with van der Waals surface area (Å²) in [4.78, 5) is 70.4. The number of aliphatic hydroxyl groups is 1. The van der Waals surface area contributed by atoms with E-state index in [4.69, 9.17) is 17.0 Å². The number of aliphatic hydroxyl groups excluding tert-OH is 1. The molecule has 21 heteroatoms. The standard InChI is InChI=1S/C35H34N6O12S2Se/c1-19(32-38(13-6-16-55(50,51)52)22-7-4-5-8-24(22)53-32)17-23-29(45)41(21-11-9-20(10-12-21)34(48)49)28(36(23)2)27-31(47)40(18-25(43)44)33(56-27)26-30(46)37(3)35(54)39(26)14-15-42/h4-5,7-12,17,42H,6,13-16,18H2,1-3H3,(H,43,44)(H,48,49)(H,50,51,52)/p-1/b23-17?,28-27-,32-19?,33-26+. The summed E-state index contributed by atoms with van der Waals surface area (Å²) in [7, 11) is -1.59. The first kappa shape index (κ1) is 40.1. The average Bonchev–Trinajstić information content (AvgIpc) is 3.80. The van der Waals surface area contributed by atoms with Crippen LogP contribution in [-0.4, -0.2) is 122 Å². The second-order valence-corrected chi connectivity index (χ2v) is 16.6. The maximum absolute atomic E-state index is 14.6. The molecule has 0 radical (unpaired) electrons. The molecule has 2 aromatic carbocycles. The van der Waals surface area contributed by atoms with Crippen LogP contribution in [0.3, 0.4) is 0 Å². The topological polar surface area (TPSA) is 237 Å². The van der Waals surface area contributed by atoms with E-state index in [0.29, 0.717) is 17.0 Å². The zero-order valence-corrected chi connectivity index (χ0v) is 33.2. The molecular weight excluding hydrogens is 840 g/mol. The number of para-hydroxylation sites is 2. The maximum atomic E-state index is 14.6. The first-order valence-corrected chi connectivity index (χ1v) is 20.4. The van der Waals surface area contributed by atoms with Crippen LogP contribution in [0.1, 0.15) is 23.7 Å². The molecule has 0 saturated carbocycles. The van der Waals surface area contributed by atoms with Crippen LogP contribution in [0.5, 0.6) is 5.75 Å². The number of imidazole rings is 1. The predicted octanol–water partition coefficient (Wildman–Crippen LogP) is -1.53. The molecule has 0 spiro atoms. The summed E-state index contributed by atoms with van der Waals surface area (Å²) < 4.78 is 43.9. The molecule has 4 heterocycles. The van der Waals surface area contributed by atoms with Crippen LogP contribution < -0.4 is 30.3 Å². The van der Waals surface area contributed by atoms with Crippen molar-refractivity contribution in [2.75, 3.05) is 37.4 Å². The number of carbonyl (C=O) groups is 3. The smallest absolute Gasteiger partial charge is 0.748 e. The number of ether oxygens (including phenoxy) is 1. The van der Waals surface area contributed by atoms with E-state index in [1.54, 1.807) is 36.1 Å². The summed E-state index contributed by atoms with van der Waals surface area (Å²) in [6.45, 7) is 0.339. The Morgan fingerprint density at radius 3 is 2.29 bits per heavy atom. The molecule has 2 aromatic heterocycles. The van der Waals surface area contributed by atoms with E-state index >= 15 is 0 Å². The van der Waals surface area contributed by atoms with Crippen molar-refractivity contribution in [1.29, 1.82) is 0 Å². The zero-order valence-electron chi connectivity index (χ0n) is 29.9. The molecule has 294 valence electrons. The minimum absolute atomic E-state index is 0.00991. The van der Waals surface area contributed by atoms with Gasteiger partial charge in [-0.3, -0.25) is 0 Å². The number of aliphatic carboxylic acids is 1. The number of likely N-dealkylation sites (N-methyl/N-ethyl adjacent to an activating group) is 1. The summed E-state index contributed by atoms with van der Waals surface area (Å²) in [5, 5.41) is 29.2. The zero-order chi connectivity index (χ0) is 40.8. The molecule has 1 amide bonds. The van der Waals surface area contributed by atoms with Gasteiger partial charge in [-0.2, -0.15) is 0 Å². The van der Waals surface area contributed by atoms with Crippen LogP contribution in [0.15, 0.2) is 69.6 Å². The third kappa shape index (κ3) is 7.39. The molecule has 56 heavy (non-hydrogen) atoms. The number of benzene rings is 2. The van der Waals surface area contributed by atoms with Crippen molar-refractivity contribution < 1.29 is 47.4 Å². The summed E-state index contributed by atoms with van der Waals surface area (Å²) >= 11 is 4.27. The Morgan fingerprint density at radius 1 is 0.982 bits per heavy atom. The van der Waals surface area contributed by atoms with Crippen molar-refractivity contribution >= 4 is 77.3 Å². The summed E-state index contributed by atoms with van der Waals surface area (Å²) in [6.07, 6.45) is 1.46. The van der Waals surface area contributed by atoms with E-state index in [1.165, 1.54) is 58.5 Å². The van der Waals surface area contributed by atoms with Gasteiger partial charge in [0, 0.05) is 0 Å². The van der Waals surface area contributed by atoms with Gasteiger partial charge in [0.25, 0.3) is 0 Å². The minimum atomic E-state index is -4.50. The van der Waals surface area contributed by atoms with Gasteiger partial charge in [0.15, 0.2) is 0 Å². The number of β-amino-alcohol motifs (C(OH)–C–C–N with tert-alkyl or cyclic N) is 1. The summed E-state index contributed by atoms with van der Waals surface area (Å²) in [5.74, 6) is -3.16. The number of nitrogens with zero attached hydrogens (tertiary/aromatic N) is 6. The van der Waals surface area contributed by atoms with Crippen molar-refractivity contribution in [3.8, 4) is 11.4 Å². The van der Waals surface area contributed by atoms with Crippen LogP contribution >= 0.6 is 12.2 Å². The molecule has 1 saturated heterocycles. The van der Waals surface area contributed by atoms with Crippen LogP contribution in [0.2, 0.25) is 0 Å². The van der Waals surface area contributed by atoms with Crippen LogP contribution in [0.25, 0.3) is 17.5 Å². The molecule has 18 nitrogen and oxygen atoms in total. The van der Waals surface area contributed by atoms with Crippen molar-refractivity contribution in [3.63, 3.8) is 0 Å². The number of aromatic nitrogens is 3. The molecule has 2 aliphatic rings. The summed E-state index contributed by atoms with van der Waals surface area (Å²) in [6, 6.07) is 12.2. The number of carboxylic acid groups (broad SMARTS) is 2. The number of hydrogen-bond acceptors (Lipinski definition) is 12. The first-order chi connectivity index (χ1) is 26.4. The van der Waals surface area contributed by atoms with Gasteiger partial charge in [0.2, 0.25) is 0 Å². The van der Waals surface area contributed by atoms with Gasteiger partial charge in [-0.05, 0) is 0 Å². The van der Waals surface area contributed by atoms with Crippen molar-refractivity contribution in [2.24, 2.45) is 7.05 Å². The van der Waals surface area contributed by atoms with E-state index < -0.39 is 72.5 Å². The number of amides is 1. The normalized spacial score (nSPS) is 17.2. The Bertz CT molecular complexity index is 2820. The average molecular weight is 873 g/mol. The molecule has 6 rings (SSSR count). The molecular formula is C35H33N6O12S2Se-. The number of thiocarbonyl (C=S) groups is 1. The van der Waals surface area contributed by atoms with Crippen LogP contribution in [0.4, 0.5) is 5.69 Å². The van der Waals surface area contributed by atoms with E-state index in [-0.39, 0.29) is 66.6 Å². The fourth-order valence-corrected chi connectivity index (χ4v) is 9.80. The van der Waals surface area contributed by atoms with Gasteiger partial charge in [-0.25, -0.2) is 8.42 Å². The molecule has 0 bridgehead atoms. The molecule has 0 unspecified atom stereocenters. The quantitative estimate of drug-likeness (QED) is 0.0881. The monoisotopic (exact) mass is 873 g/mol. The molecule has 0 aliphatic carbocycles. The molecule has 4 aromatic rings. The number of allylic oxidation sites excluding steroid dienone is 1. The van der Waals surface area contributed by atoms with Gasteiger partial charge in [0.1, 0.15) is 0 Å². The van der Waals surface area contributed by atoms with Gasteiger partial charge < -0.3 is 4.55 Å². The number of aromatic carboxylic acids is 1. The molecule has 3 N–H and O–H groups in total. The SMILES string of the molecule is CC(C=c1c(=O)n(-c2ccc(C(=O)O)cc2)/c(=c2\[se]/c(=C3\C(=O)N(C)C(=S)N3CCO)n(CC(=O)O)c2=O)n1C)=C1Oc2ccccc2N1CCCS(=O)(=O)[O-]. The third-order valence-corrected chi connectivity index (χ3v) is 12.7. The van der Waals surface area contributed by atoms with E-state index in [1.807, 2.05) is 0 Å². The van der Waals surface area contributed by atoms with Gasteiger partial charge in [-0.1, -0.05) is 0 Å². The van der Waals surface area contributed by atoms with Crippen molar-refractivity contribution in [1.82, 2.24) is 23.5 Å². The van der Waals surface area contributed by atoms with Crippen molar-refractivity contribution in [3.05, 3.63) is 105 Å². The van der Waals surface area contributed by atoms with Crippen LogP contribution in [0, 0.1) is 9.57 Å². The van der Waals surface area contributed by atoms with Crippen LogP contribution in [-0.2, 0) is 33.3 Å². The second-order valence-electron chi connectivity index (χ2n) is 12.6. The molecule has 0 atom stereocenters. The minimum Gasteiger partial charge on any atom is -0.748 e. The van der Waals surface area contributed by atoms with Gasteiger partial charge in [-0.15, -0.1) is 0 Å². The van der Waals surface area contributed by atoms with Gasteiger partial charge >= 0.3 is 316 Å². The molecule has 1 fully saturated rings. The van der Waals surface area contributed by atoms with Crippen molar-refractivity contribution in [2.45, 2.75) is 19.9 Å². The Hall–Kier alpha value is -5.57. The van der Waals surface area contributed by atoms with E-state index in [9.17, 15) is 52.3 Å². The first-order valence-electron chi connectivity index (χ1n) is 16.7.